The third-order valence-corrected chi connectivity index (χ3v) is 6.61. The van der Waals surface area contributed by atoms with Gasteiger partial charge in [-0.2, -0.15) is 13.2 Å². The maximum absolute atomic E-state index is 12.9. The number of hydrogen-bond donors (Lipinski definition) is 1. The maximum Gasteiger partial charge on any atom is 0.416 e. The molecular weight excluding hydrogens is 395 g/mol. The van der Waals surface area contributed by atoms with Crippen LogP contribution in [0.3, 0.4) is 0 Å². The number of rotatable bonds is 6. The summed E-state index contributed by atoms with van der Waals surface area (Å²) in [7, 11) is 0. The van der Waals surface area contributed by atoms with Crippen molar-refractivity contribution >= 4 is 33.9 Å². The quantitative estimate of drug-likeness (QED) is 0.724. The third-order valence-electron chi connectivity index (χ3n) is 4.39. The van der Waals surface area contributed by atoms with Gasteiger partial charge >= 0.3 is 6.18 Å². The van der Waals surface area contributed by atoms with Gasteiger partial charge in [0.2, 0.25) is 5.13 Å². The number of aromatic nitrogens is 2. The molecule has 5 nitrogen and oxygen atoms in total. The van der Waals surface area contributed by atoms with Crippen molar-refractivity contribution in [1.82, 2.24) is 15.1 Å². The highest BCUT2D eigenvalue weighted by Crippen LogP contribution is 2.32. The Bertz CT molecular complexity index is 744. The van der Waals surface area contributed by atoms with E-state index in [9.17, 15) is 13.2 Å². The molecule has 2 aromatic rings. The molecule has 1 fully saturated rings. The number of nitrogens with two attached hydrogens (primary N) is 1. The standard InChI is InChI=1S/C17H22F3N5S2/c1-12(11-26-16-23-22-15(21)27-16)10-24-5-7-25(8-6-24)14-4-2-3-13(9-14)17(18,19)20/h2-4,9,12H,5-8,10-11H2,1H3,(H2,21,22). The maximum atomic E-state index is 12.9. The highest BCUT2D eigenvalue weighted by atomic mass is 32.2. The van der Waals surface area contributed by atoms with E-state index < -0.39 is 11.7 Å². The van der Waals surface area contributed by atoms with Gasteiger partial charge < -0.3 is 10.6 Å². The van der Waals surface area contributed by atoms with Crippen LogP contribution in [0, 0.1) is 5.92 Å². The summed E-state index contributed by atoms with van der Waals surface area (Å²) in [4.78, 5) is 4.39. The number of halogens is 3. The molecule has 1 aliphatic rings. The van der Waals surface area contributed by atoms with Gasteiger partial charge in [0, 0.05) is 44.2 Å². The zero-order valence-corrected chi connectivity index (χ0v) is 16.6. The van der Waals surface area contributed by atoms with Crippen molar-refractivity contribution in [2.45, 2.75) is 17.4 Å². The fourth-order valence-corrected chi connectivity index (χ4v) is 4.72. The number of alkyl halides is 3. The predicted octanol–water partition coefficient (Wildman–Crippen LogP) is 3.69. The summed E-state index contributed by atoms with van der Waals surface area (Å²) in [6.07, 6.45) is -4.30. The first-order valence-electron chi connectivity index (χ1n) is 8.67. The van der Waals surface area contributed by atoms with E-state index in [4.69, 9.17) is 5.73 Å². The summed E-state index contributed by atoms with van der Waals surface area (Å²) < 4.78 is 39.6. The van der Waals surface area contributed by atoms with E-state index in [1.807, 2.05) is 4.90 Å². The van der Waals surface area contributed by atoms with E-state index in [0.717, 1.165) is 48.9 Å². The number of thioether (sulfide) groups is 1. The highest BCUT2D eigenvalue weighted by Gasteiger charge is 2.31. The largest absolute Gasteiger partial charge is 0.416 e. The summed E-state index contributed by atoms with van der Waals surface area (Å²) in [5.41, 5.74) is 5.63. The Morgan fingerprint density at radius 1 is 1.22 bits per heavy atom. The Morgan fingerprint density at radius 2 is 1.96 bits per heavy atom. The van der Waals surface area contributed by atoms with Gasteiger partial charge in [-0.05, 0) is 24.1 Å². The molecular formula is C17H22F3N5S2. The van der Waals surface area contributed by atoms with Gasteiger partial charge in [0.25, 0.3) is 0 Å². The van der Waals surface area contributed by atoms with E-state index in [1.54, 1.807) is 17.8 Å². The van der Waals surface area contributed by atoms with Gasteiger partial charge in [-0.1, -0.05) is 36.1 Å². The molecule has 0 saturated carbocycles. The van der Waals surface area contributed by atoms with Crippen molar-refractivity contribution in [2.75, 3.05) is 49.1 Å². The van der Waals surface area contributed by atoms with Crippen molar-refractivity contribution in [3.05, 3.63) is 29.8 Å². The van der Waals surface area contributed by atoms with Crippen LogP contribution in [0.25, 0.3) is 0 Å². The summed E-state index contributed by atoms with van der Waals surface area (Å²) in [6, 6.07) is 5.58. The Hall–Kier alpha value is -1.52. The molecule has 3 rings (SSSR count). The minimum Gasteiger partial charge on any atom is -0.374 e. The summed E-state index contributed by atoms with van der Waals surface area (Å²) in [6.45, 7) is 6.30. The Balaban J connectivity index is 1.46. The van der Waals surface area contributed by atoms with Crippen LogP contribution in [0.2, 0.25) is 0 Å². The average Bonchev–Trinajstić information content (AvgIpc) is 3.05. The first-order chi connectivity index (χ1) is 12.8. The molecule has 148 valence electrons. The monoisotopic (exact) mass is 417 g/mol. The van der Waals surface area contributed by atoms with Crippen LogP contribution in [0.15, 0.2) is 28.6 Å². The molecule has 2 N–H and O–H groups in total. The highest BCUT2D eigenvalue weighted by molar-refractivity contribution is 8.01. The lowest BCUT2D eigenvalue weighted by atomic mass is 10.1. The van der Waals surface area contributed by atoms with E-state index in [1.165, 1.54) is 23.5 Å². The third kappa shape index (κ3) is 5.73. The Morgan fingerprint density at radius 3 is 2.59 bits per heavy atom. The number of nitrogens with zero attached hydrogens (tertiary/aromatic N) is 4. The van der Waals surface area contributed by atoms with Gasteiger partial charge in [0.05, 0.1) is 5.56 Å². The number of piperazine rings is 1. The van der Waals surface area contributed by atoms with Crippen LogP contribution >= 0.6 is 23.1 Å². The molecule has 1 aliphatic heterocycles. The summed E-state index contributed by atoms with van der Waals surface area (Å²) in [5.74, 6) is 1.41. The normalized spacial score (nSPS) is 17.3. The minimum absolute atomic E-state index is 0.472. The van der Waals surface area contributed by atoms with Crippen LogP contribution in [0.1, 0.15) is 12.5 Å². The Labute approximate surface area is 164 Å². The van der Waals surface area contributed by atoms with E-state index in [2.05, 4.69) is 22.0 Å². The SMILES string of the molecule is CC(CSc1nnc(N)s1)CN1CCN(c2cccc(C(F)(F)F)c2)CC1. The number of hydrogen-bond acceptors (Lipinski definition) is 7. The van der Waals surface area contributed by atoms with Crippen molar-refractivity contribution < 1.29 is 13.2 Å². The van der Waals surface area contributed by atoms with Gasteiger partial charge in [-0.25, -0.2) is 0 Å². The van der Waals surface area contributed by atoms with Crippen LogP contribution in [0.5, 0.6) is 0 Å². The van der Waals surface area contributed by atoms with Crippen molar-refractivity contribution in [3.8, 4) is 0 Å². The molecule has 2 heterocycles. The number of benzene rings is 1. The molecule has 0 radical (unpaired) electrons. The van der Waals surface area contributed by atoms with Crippen LogP contribution < -0.4 is 10.6 Å². The molecule has 0 amide bonds. The smallest absolute Gasteiger partial charge is 0.374 e. The van der Waals surface area contributed by atoms with Crippen molar-refractivity contribution in [3.63, 3.8) is 0 Å². The van der Waals surface area contributed by atoms with Gasteiger partial charge in [0.15, 0.2) is 4.34 Å². The molecule has 0 bridgehead atoms. The first kappa shape index (κ1) is 20.2. The molecule has 1 aromatic heterocycles. The minimum atomic E-state index is -4.30. The molecule has 27 heavy (non-hydrogen) atoms. The molecule has 1 atom stereocenters. The van der Waals surface area contributed by atoms with Gasteiger partial charge in [0.1, 0.15) is 0 Å². The lowest BCUT2D eigenvalue weighted by Gasteiger charge is -2.37. The molecule has 10 heteroatoms. The second-order valence-electron chi connectivity index (χ2n) is 6.66. The molecule has 0 aliphatic carbocycles. The average molecular weight is 418 g/mol. The Kier molecular flexibility index (Phi) is 6.48. The van der Waals surface area contributed by atoms with Crippen molar-refractivity contribution in [2.24, 2.45) is 5.92 Å². The number of nitrogen functional groups attached to an aromatic ring is 1. The molecule has 1 saturated heterocycles. The molecule has 0 spiro atoms. The lowest BCUT2D eigenvalue weighted by Crippen LogP contribution is -2.47. The van der Waals surface area contributed by atoms with Gasteiger partial charge in [-0.3, -0.25) is 4.90 Å². The van der Waals surface area contributed by atoms with E-state index >= 15 is 0 Å². The van der Waals surface area contributed by atoms with E-state index in [0.29, 0.717) is 16.7 Å². The molecule has 1 aromatic carbocycles. The zero-order valence-electron chi connectivity index (χ0n) is 14.9. The summed E-state index contributed by atoms with van der Waals surface area (Å²) in [5, 5.41) is 8.30. The second kappa shape index (κ2) is 8.66. The van der Waals surface area contributed by atoms with Crippen LogP contribution in [-0.4, -0.2) is 53.6 Å². The topological polar surface area (TPSA) is 58.3 Å². The van der Waals surface area contributed by atoms with E-state index in [-0.39, 0.29) is 0 Å². The first-order valence-corrected chi connectivity index (χ1v) is 10.5. The molecule has 1 unspecified atom stereocenters. The number of anilines is 2. The fraction of sp³-hybridized carbons (Fsp3) is 0.529. The van der Waals surface area contributed by atoms with Crippen LogP contribution in [-0.2, 0) is 6.18 Å². The lowest BCUT2D eigenvalue weighted by molar-refractivity contribution is -0.137. The fourth-order valence-electron chi connectivity index (χ4n) is 3.05. The predicted molar refractivity (Wildman–Crippen MR) is 104 cm³/mol. The van der Waals surface area contributed by atoms with Gasteiger partial charge in [-0.15, -0.1) is 10.2 Å². The second-order valence-corrected chi connectivity index (χ2v) is 8.93. The van der Waals surface area contributed by atoms with Crippen LogP contribution in [0.4, 0.5) is 24.0 Å². The summed E-state index contributed by atoms with van der Waals surface area (Å²) >= 11 is 3.06. The van der Waals surface area contributed by atoms with Crippen molar-refractivity contribution in [1.29, 1.82) is 0 Å². The zero-order chi connectivity index (χ0) is 19.4.